The van der Waals surface area contributed by atoms with Gasteiger partial charge in [-0.05, 0) is 35.9 Å². The van der Waals surface area contributed by atoms with Crippen molar-refractivity contribution in [2.45, 2.75) is 25.9 Å². The summed E-state index contributed by atoms with van der Waals surface area (Å²) in [6.07, 6.45) is 4.01. The van der Waals surface area contributed by atoms with Gasteiger partial charge in [0.05, 0.1) is 0 Å². The number of rotatable bonds is 9. The normalized spacial score (nSPS) is 10.9. The number of benzene rings is 2. The van der Waals surface area contributed by atoms with E-state index in [1.807, 2.05) is 30.3 Å². The number of hydrogen-bond acceptors (Lipinski definition) is 6. The van der Waals surface area contributed by atoms with Crippen molar-refractivity contribution in [3.8, 4) is 17.1 Å². The Labute approximate surface area is 188 Å². The van der Waals surface area contributed by atoms with Crippen LogP contribution in [0.4, 0.5) is 14.5 Å². The molecule has 168 valence electrons. The molecule has 1 amide bonds. The maximum atomic E-state index is 12.8. The fraction of sp³-hybridized carbons (Fsp3) is 0.167. The Morgan fingerprint density at radius 1 is 1.06 bits per heavy atom. The highest BCUT2D eigenvalue weighted by atomic mass is 19.3. The SMILES string of the molecule is O=C(CCc1nc(-c2ccncc2)no1)Nc1ccc(OC(F)F)c(Cc2ccccc2)c1. The van der Waals surface area contributed by atoms with Gasteiger partial charge in [-0.15, -0.1) is 0 Å². The summed E-state index contributed by atoms with van der Waals surface area (Å²) in [5, 5.41) is 6.69. The lowest BCUT2D eigenvalue weighted by Crippen LogP contribution is -2.13. The van der Waals surface area contributed by atoms with Crippen LogP contribution in [0.1, 0.15) is 23.4 Å². The van der Waals surface area contributed by atoms with Crippen molar-refractivity contribution < 1.29 is 22.8 Å². The predicted octanol–water partition coefficient (Wildman–Crippen LogP) is 4.90. The van der Waals surface area contributed by atoms with E-state index in [-0.39, 0.29) is 24.5 Å². The zero-order chi connectivity index (χ0) is 23.0. The van der Waals surface area contributed by atoms with Crippen LogP contribution >= 0.6 is 0 Å². The first-order valence-electron chi connectivity index (χ1n) is 10.2. The van der Waals surface area contributed by atoms with Crippen molar-refractivity contribution in [3.05, 3.63) is 90.1 Å². The Balaban J connectivity index is 1.40. The second-order valence-corrected chi connectivity index (χ2v) is 7.16. The molecule has 7 nitrogen and oxygen atoms in total. The third-order valence-corrected chi connectivity index (χ3v) is 4.77. The van der Waals surface area contributed by atoms with Crippen LogP contribution in [0.2, 0.25) is 0 Å². The van der Waals surface area contributed by atoms with Gasteiger partial charge >= 0.3 is 6.61 Å². The van der Waals surface area contributed by atoms with Gasteiger partial charge in [-0.2, -0.15) is 13.8 Å². The molecule has 33 heavy (non-hydrogen) atoms. The maximum absolute atomic E-state index is 12.8. The third-order valence-electron chi connectivity index (χ3n) is 4.77. The number of aryl methyl sites for hydroxylation is 1. The summed E-state index contributed by atoms with van der Waals surface area (Å²) in [7, 11) is 0. The number of hydrogen-bond donors (Lipinski definition) is 1. The van der Waals surface area contributed by atoms with Crippen molar-refractivity contribution in [3.63, 3.8) is 0 Å². The Morgan fingerprint density at radius 3 is 2.61 bits per heavy atom. The maximum Gasteiger partial charge on any atom is 0.387 e. The van der Waals surface area contributed by atoms with E-state index in [1.165, 1.54) is 12.1 Å². The fourth-order valence-corrected chi connectivity index (χ4v) is 3.24. The number of amides is 1. The second kappa shape index (κ2) is 10.4. The highest BCUT2D eigenvalue weighted by Crippen LogP contribution is 2.27. The Kier molecular flexibility index (Phi) is 6.99. The first kappa shape index (κ1) is 22.1. The van der Waals surface area contributed by atoms with Crippen molar-refractivity contribution in [1.29, 1.82) is 0 Å². The molecule has 0 aliphatic carbocycles. The van der Waals surface area contributed by atoms with Crippen LogP contribution in [0.15, 0.2) is 77.6 Å². The van der Waals surface area contributed by atoms with Crippen LogP contribution in [0.3, 0.4) is 0 Å². The Hall–Kier alpha value is -4.14. The molecule has 2 aromatic heterocycles. The number of carbonyl (C=O) groups is 1. The molecular formula is C24H20F2N4O3. The van der Waals surface area contributed by atoms with Crippen LogP contribution < -0.4 is 10.1 Å². The number of carbonyl (C=O) groups excluding carboxylic acids is 1. The van der Waals surface area contributed by atoms with E-state index in [0.29, 0.717) is 29.4 Å². The minimum absolute atomic E-state index is 0.0707. The average molecular weight is 450 g/mol. The number of ether oxygens (including phenoxy) is 1. The lowest BCUT2D eigenvalue weighted by molar-refractivity contribution is -0.116. The first-order valence-corrected chi connectivity index (χ1v) is 10.2. The van der Waals surface area contributed by atoms with Crippen molar-refractivity contribution in [1.82, 2.24) is 15.1 Å². The minimum Gasteiger partial charge on any atom is -0.435 e. The summed E-state index contributed by atoms with van der Waals surface area (Å²) < 4.78 is 35.5. The molecule has 0 saturated heterocycles. The molecule has 0 aliphatic rings. The molecule has 2 aromatic carbocycles. The van der Waals surface area contributed by atoms with Gasteiger partial charge in [0.25, 0.3) is 0 Å². The fourth-order valence-electron chi connectivity index (χ4n) is 3.24. The molecule has 0 bridgehead atoms. The van der Waals surface area contributed by atoms with Crippen LogP contribution in [-0.4, -0.2) is 27.6 Å². The molecule has 0 saturated carbocycles. The molecule has 0 spiro atoms. The van der Waals surface area contributed by atoms with Gasteiger partial charge in [-0.3, -0.25) is 9.78 Å². The quantitative estimate of drug-likeness (QED) is 0.390. The molecule has 0 atom stereocenters. The zero-order valence-electron chi connectivity index (χ0n) is 17.4. The molecule has 2 heterocycles. The molecule has 0 unspecified atom stereocenters. The first-order chi connectivity index (χ1) is 16.1. The lowest BCUT2D eigenvalue weighted by atomic mass is 10.0. The summed E-state index contributed by atoms with van der Waals surface area (Å²) in [4.78, 5) is 20.7. The molecule has 4 aromatic rings. The van der Waals surface area contributed by atoms with Gasteiger partial charge in [0.2, 0.25) is 17.6 Å². The number of pyridine rings is 1. The van der Waals surface area contributed by atoms with Gasteiger partial charge in [-0.25, -0.2) is 0 Å². The minimum atomic E-state index is -2.94. The summed E-state index contributed by atoms with van der Waals surface area (Å²) in [6.45, 7) is -2.94. The predicted molar refractivity (Wildman–Crippen MR) is 117 cm³/mol. The number of aromatic nitrogens is 3. The Morgan fingerprint density at radius 2 is 1.85 bits per heavy atom. The van der Waals surface area contributed by atoms with Crippen molar-refractivity contribution in [2.24, 2.45) is 0 Å². The van der Waals surface area contributed by atoms with Crippen molar-refractivity contribution in [2.75, 3.05) is 5.32 Å². The summed E-state index contributed by atoms with van der Waals surface area (Å²) in [5.74, 6) is 0.559. The van der Waals surface area contributed by atoms with Gasteiger partial charge in [-0.1, -0.05) is 35.5 Å². The highest BCUT2D eigenvalue weighted by molar-refractivity contribution is 5.91. The second-order valence-electron chi connectivity index (χ2n) is 7.16. The smallest absolute Gasteiger partial charge is 0.387 e. The third kappa shape index (κ3) is 6.19. The van der Waals surface area contributed by atoms with Gasteiger partial charge in [0.1, 0.15) is 5.75 Å². The van der Waals surface area contributed by atoms with Crippen molar-refractivity contribution >= 4 is 11.6 Å². The van der Waals surface area contributed by atoms with Gasteiger partial charge in [0.15, 0.2) is 0 Å². The average Bonchev–Trinajstić information content (AvgIpc) is 3.30. The summed E-state index contributed by atoms with van der Waals surface area (Å²) in [5.41, 5.74) is 2.72. The van der Waals surface area contributed by atoms with Gasteiger partial charge in [0, 0.05) is 48.5 Å². The zero-order valence-corrected chi connectivity index (χ0v) is 17.4. The number of alkyl halides is 2. The van der Waals surface area contributed by atoms with E-state index in [2.05, 4.69) is 25.2 Å². The lowest BCUT2D eigenvalue weighted by Gasteiger charge is -2.13. The number of nitrogens with zero attached hydrogens (tertiary/aromatic N) is 3. The Bertz CT molecular complexity index is 1200. The molecular weight excluding hydrogens is 430 g/mol. The number of halogens is 2. The van der Waals surface area contributed by atoms with Crippen LogP contribution in [0.25, 0.3) is 11.4 Å². The largest absolute Gasteiger partial charge is 0.435 e. The monoisotopic (exact) mass is 450 g/mol. The standard InChI is InChI=1S/C24H20F2N4O3/c25-24(26)32-20-7-6-19(15-18(20)14-16-4-2-1-3-5-16)28-21(31)8-9-22-29-23(30-33-22)17-10-12-27-13-11-17/h1-7,10-13,15,24H,8-9,14H2,(H,28,31). The molecule has 0 radical (unpaired) electrons. The molecule has 0 fully saturated rings. The van der Waals surface area contributed by atoms with Crippen LogP contribution in [0.5, 0.6) is 5.75 Å². The number of nitrogens with one attached hydrogen (secondary N) is 1. The van der Waals surface area contributed by atoms with Crippen LogP contribution in [-0.2, 0) is 17.6 Å². The van der Waals surface area contributed by atoms with E-state index >= 15 is 0 Å². The van der Waals surface area contributed by atoms with Gasteiger partial charge < -0.3 is 14.6 Å². The summed E-state index contributed by atoms with van der Waals surface area (Å²) >= 11 is 0. The number of anilines is 1. The molecule has 0 aliphatic heterocycles. The molecule has 4 rings (SSSR count). The molecule has 9 heteroatoms. The van der Waals surface area contributed by atoms with E-state index < -0.39 is 6.61 Å². The van der Waals surface area contributed by atoms with Crippen LogP contribution in [0, 0.1) is 0 Å². The van der Waals surface area contributed by atoms with E-state index in [0.717, 1.165) is 11.1 Å². The van der Waals surface area contributed by atoms with E-state index in [1.54, 1.807) is 30.6 Å². The summed E-state index contributed by atoms with van der Waals surface area (Å²) in [6, 6.07) is 17.5. The highest BCUT2D eigenvalue weighted by Gasteiger charge is 2.14. The van der Waals surface area contributed by atoms with E-state index in [9.17, 15) is 13.6 Å². The topological polar surface area (TPSA) is 90.1 Å². The van der Waals surface area contributed by atoms with E-state index in [4.69, 9.17) is 4.52 Å². The molecule has 1 N–H and O–H groups in total.